The van der Waals surface area contributed by atoms with E-state index in [-0.39, 0.29) is 12.5 Å². The van der Waals surface area contributed by atoms with Gasteiger partial charge in [-0.05, 0) is 35.5 Å². The van der Waals surface area contributed by atoms with Crippen LogP contribution >= 0.6 is 0 Å². The quantitative estimate of drug-likeness (QED) is 0.848. The second kappa shape index (κ2) is 5.85. The number of hydrogen-bond donors (Lipinski definition) is 2. The summed E-state index contributed by atoms with van der Waals surface area (Å²) in [7, 11) is 3.57. The molecule has 0 radical (unpaired) electrons. The fourth-order valence-corrected chi connectivity index (χ4v) is 2.16. The molecule has 0 aromatic heterocycles. The molecule has 0 fully saturated rings. The van der Waals surface area contributed by atoms with Crippen LogP contribution < -0.4 is 10.1 Å². The van der Waals surface area contributed by atoms with Crippen LogP contribution in [-0.4, -0.2) is 32.4 Å². The van der Waals surface area contributed by atoms with Crippen molar-refractivity contribution in [2.24, 2.45) is 0 Å². The van der Waals surface area contributed by atoms with Gasteiger partial charge >= 0.3 is 0 Å². The normalized spacial score (nSPS) is 12.6. The molecule has 3 heteroatoms. The van der Waals surface area contributed by atoms with Crippen LogP contribution in [0.5, 0.6) is 5.75 Å². The first-order chi connectivity index (χ1) is 8.78. The van der Waals surface area contributed by atoms with Crippen LogP contribution in [0.4, 0.5) is 0 Å². The summed E-state index contributed by atoms with van der Waals surface area (Å²) < 4.78 is 5.21. The van der Waals surface area contributed by atoms with Gasteiger partial charge in [0.2, 0.25) is 0 Å². The molecule has 0 amide bonds. The Morgan fingerprint density at radius 2 is 1.89 bits per heavy atom. The Labute approximate surface area is 107 Å². The van der Waals surface area contributed by atoms with Gasteiger partial charge in [0.1, 0.15) is 5.75 Å². The lowest BCUT2D eigenvalue weighted by Crippen LogP contribution is -2.19. The van der Waals surface area contributed by atoms with Crippen molar-refractivity contribution in [2.75, 3.05) is 27.3 Å². The molecule has 0 saturated carbocycles. The summed E-state index contributed by atoms with van der Waals surface area (Å²) in [5.74, 6) is 1.01. The molecule has 1 atom stereocenters. The molecule has 0 bridgehead atoms. The molecule has 2 aromatic rings. The minimum absolute atomic E-state index is 0.140. The van der Waals surface area contributed by atoms with Gasteiger partial charge in [-0.2, -0.15) is 0 Å². The fraction of sp³-hybridized carbons (Fsp3) is 0.333. The summed E-state index contributed by atoms with van der Waals surface area (Å²) in [6.45, 7) is 0.931. The number of hydrogen-bond acceptors (Lipinski definition) is 3. The molecule has 2 aromatic carbocycles. The fourth-order valence-electron chi connectivity index (χ4n) is 2.16. The first-order valence-corrected chi connectivity index (χ1v) is 6.11. The Morgan fingerprint density at radius 3 is 2.56 bits per heavy atom. The summed E-state index contributed by atoms with van der Waals surface area (Å²) in [4.78, 5) is 0. The van der Waals surface area contributed by atoms with Gasteiger partial charge in [-0.15, -0.1) is 0 Å². The van der Waals surface area contributed by atoms with E-state index in [0.29, 0.717) is 0 Å². The van der Waals surface area contributed by atoms with Gasteiger partial charge in [-0.1, -0.05) is 24.3 Å². The van der Waals surface area contributed by atoms with E-state index < -0.39 is 0 Å². The van der Waals surface area contributed by atoms with Crippen molar-refractivity contribution in [3.05, 3.63) is 42.0 Å². The molecular weight excluding hydrogens is 226 g/mol. The van der Waals surface area contributed by atoms with Gasteiger partial charge in [0.05, 0.1) is 13.7 Å². The molecular formula is C15H19NO2. The minimum atomic E-state index is 0.140. The standard InChI is InChI=1S/C15H19NO2/c1-16-9-14(10-17)12-3-4-13-8-15(18-2)6-5-11(13)7-12/h3-8,14,16-17H,9-10H2,1-2H3. The van der Waals surface area contributed by atoms with Crippen molar-refractivity contribution < 1.29 is 9.84 Å². The summed E-state index contributed by atoms with van der Waals surface area (Å²) in [5.41, 5.74) is 1.16. The molecule has 0 aliphatic rings. The molecule has 18 heavy (non-hydrogen) atoms. The number of aliphatic hydroxyl groups excluding tert-OH is 1. The lowest BCUT2D eigenvalue weighted by atomic mass is 9.97. The summed E-state index contributed by atoms with van der Waals surface area (Å²) >= 11 is 0. The smallest absolute Gasteiger partial charge is 0.119 e. The SMILES string of the molecule is CNCC(CO)c1ccc2cc(OC)ccc2c1. The molecule has 0 aliphatic heterocycles. The Balaban J connectivity index is 2.37. The second-order valence-electron chi connectivity index (χ2n) is 4.41. The van der Waals surface area contributed by atoms with E-state index in [1.165, 1.54) is 5.39 Å². The van der Waals surface area contributed by atoms with Crippen LogP contribution in [0.25, 0.3) is 10.8 Å². The Hall–Kier alpha value is -1.58. The number of ether oxygens (including phenoxy) is 1. The number of methoxy groups -OCH3 is 1. The van der Waals surface area contributed by atoms with Gasteiger partial charge in [0, 0.05) is 12.5 Å². The van der Waals surface area contributed by atoms with E-state index in [1.54, 1.807) is 7.11 Å². The maximum Gasteiger partial charge on any atom is 0.119 e. The van der Waals surface area contributed by atoms with Crippen LogP contribution in [0, 0.1) is 0 Å². The zero-order valence-corrected chi connectivity index (χ0v) is 10.8. The summed E-state index contributed by atoms with van der Waals surface area (Å²) in [6.07, 6.45) is 0. The molecule has 96 valence electrons. The van der Waals surface area contributed by atoms with Crippen molar-refractivity contribution >= 4 is 10.8 Å². The number of likely N-dealkylation sites (N-methyl/N-ethyl adjacent to an activating group) is 1. The predicted molar refractivity (Wildman–Crippen MR) is 74.3 cm³/mol. The molecule has 0 aliphatic carbocycles. The van der Waals surface area contributed by atoms with Gasteiger partial charge in [0.15, 0.2) is 0 Å². The highest BCUT2D eigenvalue weighted by atomic mass is 16.5. The molecule has 0 spiro atoms. The lowest BCUT2D eigenvalue weighted by Gasteiger charge is -2.15. The first kappa shape index (κ1) is 12.9. The van der Waals surface area contributed by atoms with E-state index in [0.717, 1.165) is 23.2 Å². The molecule has 2 N–H and O–H groups in total. The number of aliphatic hydroxyl groups is 1. The van der Waals surface area contributed by atoms with Gasteiger partial charge < -0.3 is 15.2 Å². The molecule has 0 saturated heterocycles. The summed E-state index contributed by atoms with van der Waals surface area (Å²) in [6, 6.07) is 12.3. The van der Waals surface area contributed by atoms with E-state index >= 15 is 0 Å². The first-order valence-electron chi connectivity index (χ1n) is 6.11. The van der Waals surface area contributed by atoms with E-state index in [9.17, 15) is 5.11 Å². The van der Waals surface area contributed by atoms with Crippen LogP contribution in [0.3, 0.4) is 0 Å². The van der Waals surface area contributed by atoms with Crippen LogP contribution in [0.2, 0.25) is 0 Å². The number of rotatable bonds is 5. The largest absolute Gasteiger partial charge is 0.497 e. The highest BCUT2D eigenvalue weighted by Gasteiger charge is 2.09. The number of benzene rings is 2. The van der Waals surface area contributed by atoms with Crippen molar-refractivity contribution in [1.82, 2.24) is 5.32 Å². The Bertz CT molecular complexity index is 525. The minimum Gasteiger partial charge on any atom is -0.497 e. The zero-order chi connectivity index (χ0) is 13.0. The molecule has 0 heterocycles. The Kier molecular flexibility index (Phi) is 4.18. The number of nitrogens with one attached hydrogen (secondary N) is 1. The topological polar surface area (TPSA) is 41.5 Å². The molecule has 2 rings (SSSR count). The van der Waals surface area contributed by atoms with Gasteiger partial charge in [-0.25, -0.2) is 0 Å². The Morgan fingerprint density at radius 1 is 1.17 bits per heavy atom. The van der Waals surface area contributed by atoms with Gasteiger partial charge in [-0.3, -0.25) is 0 Å². The highest BCUT2D eigenvalue weighted by molar-refractivity contribution is 5.84. The second-order valence-corrected chi connectivity index (χ2v) is 4.41. The van der Waals surface area contributed by atoms with E-state index in [1.807, 2.05) is 25.2 Å². The molecule has 3 nitrogen and oxygen atoms in total. The van der Waals surface area contributed by atoms with Crippen molar-refractivity contribution in [3.63, 3.8) is 0 Å². The summed E-state index contributed by atoms with van der Waals surface area (Å²) in [5, 5.41) is 14.8. The van der Waals surface area contributed by atoms with Gasteiger partial charge in [0.25, 0.3) is 0 Å². The van der Waals surface area contributed by atoms with E-state index in [2.05, 4.69) is 23.5 Å². The van der Waals surface area contributed by atoms with Crippen molar-refractivity contribution in [1.29, 1.82) is 0 Å². The van der Waals surface area contributed by atoms with E-state index in [4.69, 9.17) is 4.74 Å². The average Bonchev–Trinajstić information content (AvgIpc) is 2.43. The molecule has 1 unspecified atom stereocenters. The maximum absolute atomic E-state index is 9.40. The van der Waals surface area contributed by atoms with Crippen LogP contribution in [0.15, 0.2) is 36.4 Å². The van der Waals surface area contributed by atoms with Crippen molar-refractivity contribution in [2.45, 2.75) is 5.92 Å². The van der Waals surface area contributed by atoms with Crippen LogP contribution in [-0.2, 0) is 0 Å². The van der Waals surface area contributed by atoms with Crippen LogP contribution in [0.1, 0.15) is 11.5 Å². The highest BCUT2D eigenvalue weighted by Crippen LogP contribution is 2.24. The maximum atomic E-state index is 9.40. The monoisotopic (exact) mass is 245 g/mol. The third-order valence-electron chi connectivity index (χ3n) is 3.21. The third kappa shape index (κ3) is 2.63. The number of fused-ring (bicyclic) bond motifs is 1. The average molecular weight is 245 g/mol. The third-order valence-corrected chi connectivity index (χ3v) is 3.21. The lowest BCUT2D eigenvalue weighted by molar-refractivity contribution is 0.263. The predicted octanol–water partition coefficient (Wildman–Crippen LogP) is 2.14. The zero-order valence-electron chi connectivity index (χ0n) is 10.8. The van der Waals surface area contributed by atoms with Crippen molar-refractivity contribution in [3.8, 4) is 5.75 Å².